The Morgan fingerprint density at radius 3 is 2.39 bits per heavy atom. The number of unbranched alkanes of at least 4 members (excludes halogenated alkanes) is 2. The lowest BCUT2D eigenvalue weighted by Gasteiger charge is -2.34. The lowest BCUT2D eigenvalue weighted by Crippen LogP contribution is -2.64. The van der Waals surface area contributed by atoms with Crippen molar-refractivity contribution in [2.45, 2.75) is 109 Å². The molecule has 0 spiro atoms. The first-order valence-corrected chi connectivity index (χ1v) is 14.4. The monoisotopic (exact) mass is 570 g/mol. The Morgan fingerprint density at radius 2 is 1.71 bits per heavy atom. The third-order valence-electron chi connectivity index (χ3n) is 7.57. The lowest BCUT2D eigenvalue weighted by molar-refractivity contribution is -0.151. The predicted molar refractivity (Wildman–Crippen MR) is 150 cm³/mol. The Kier molecular flexibility index (Phi) is 11.0. The highest BCUT2D eigenvalue weighted by Gasteiger charge is 2.42. The number of hydrogen-bond donors (Lipinski definition) is 3. The molecule has 224 valence electrons. The predicted octanol–water partition coefficient (Wildman–Crippen LogP) is 1.57. The summed E-state index contributed by atoms with van der Waals surface area (Å²) in [6.07, 6.45) is 2.75. The molecule has 2 fully saturated rings. The van der Waals surface area contributed by atoms with Crippen LogP contribution in [0.2, 0.25) is 0 Å². The number of fused-ring (bicyclic) bond motifs is 1. The van der Waals surface area contributed by atoms with Crippen molar-refractivity contribution in [1.82, 2.24) is 20.9 Å². The number of nitrogens with zero attached hydrogens (tertiary/aromatic N) is 1. The number of esters is 1. The van der Waals surface area contributed by atoms with E-state index in [0.717, 1.165) is 5.56 Å². The minimum Gasteiger partial charge on any atom is -0.455 e. The van der Waals surface area contributed by atoms with Crippen LogP contribution in [0.1, 0.15) is 78.2 Å². The summed E-state index contributed by atoms with van der Waals surface area (Å²) >= 11 is 0. The number of ketones is 1. The van der Waals surface area contributed by atoms with E-state index in [-0.39, 0.29) is 24.5 Å². The van der Waals surface area contributed by atoms with Crippen LogP contribution in [0, 0.1) is 0 Å². The SMILES string of the molecule is CC(=O)OC(C)C(=O)CCCCCC1NC(=O)C2CCCN2C(=O)C(Cc2ccccc2)NC(=O)C(C)(C)NC1=O. The van der Waals surface area contributed by atoms with Gasteiger partial charge in [0, 0.05) is 26.3 Å². The van der Waals surface area contributed by atoms with Gasteiger partial charge in [-0.3, -0.25) is 28.8 Å². The van der Waals surface area contributed by atoms with Crippen molar-refractivity contribution in [3.8, 4) is 0 Å². The summed E-state index contributed by atoms with van der Waals surface area (Å²) in [5, 5.41) is 8.42. The number of hydrogen-bond acceptors (Lipinski definition) is 7. The molecule has 0 aliphatic carbocycles. The third-order valence-corrected chi connectivity index (χ3v) is 7.57. The first-order valence-electron chi connectivity index (χ1n) is 14.4. The number of ether oxygens (including phenoxy) is 1. The second-order valence-electron chi connectivity index (χ2n) is 11.4. The van der Waals surface area contributed by atoms with Gasteiger partial charge in [-0.25, -0.2) is 0 Å². The summed E-state index contributed by atoms with van der Waals surface area (Å²) in [4.78, 5) is 78.5. The van der Waals surface area contributed by atoms with Gasteiger partial charge in [-0.05, 0) is 52.0 Å². The van der Waals surface area contributed by atoms with Crippen LogP contribution in [0.25, 0.3) is 0 Å². The molecular weight excluding hydrogens is 528 g/mol. The molecule has 1 aromatic rings. The molecule has 1 aromatic carbocycles. The lowest BCUT2D eigenvalue weighted by atomic mass is 9.98. The van der Waals surface area contributed by atoms with E-state index in [9.17, 15) is 28.8 Å². The van der Waals surface area contributed by atoms with Gasteiger partial charge < -0.3 is 25.6 Å². The van der Waals surface area contributed by atoms with Gasteiger partial charge in [-0.1, -0.05) is 43.2 Å². The van der Waals surface area contributed by atoms with Crippen molar-refractivity contribution in [2.24, 2.45) is 0 Å². The Balaban J connectivity index is 1.71. The Hall–Kier alpha value is -3.76. The fraction of sp³-hybridized carbons (Fsp3) is 0.600. The first kappa shape index (κ1) is 31.8. The molecule has 41 heavy (non-hydrogen) atoms. The number of Topliss-reactive ketones (excluding diaryl/α,β-unsaturated/α-hetero) is 1. The number of carbonyl (C=O) groups excluding carboxylic acids is 6. The number of nitrogens with one attached hydrogen (secondary N) is 3. The van der Waals surface area contributed by atoms with Gasteiger partial charge in [-0.2, -0.15) is 0 Å². The molecule has 0 radical (unpaired) electrons. The van der Waals surface area contributed by atoms with E-state index < -0.39 is 53.5 Å². The maximum atomic E-state index is 13.7. The van der Waals surface area contributed by atoms with Crippen molar-refractivity contribution >= 4 is 35.4 Å². The average molecular weight is 571 g/mol. The van der Waals surface area contributed by atoms with Crippen LogP contribution >= 0.6 is 0 Å². The van der Waals surface area contributed by atoms with Gasteiger partial charge in [0.2, 0.25) is 23.6 Å². The van der Waals surface area contributed by atoms with E-state index in [1.54, 1.807) is 13.8 Å². The molecule has 2 saturated heterocycles. The summed E-state index contributed by atoms with van der Waals surface area (Å²) in [5.41, 5.74) is -0.485. The van der Waals surface area contributed by atoms with Crippen molar-refractivity contribution in [3.63, 3.8) is 0 Å². The molecule has 0 saturated carbocycles. The third kappa shape index (κ3) is 8.86. The van der Waals surface area contributed by atoms with Gasteiger partial charge in [0.05, 0.1) is 0 Å². The van der Waals surface area contributed by atoms with E-state index in [1.807, 2.05) is 30.3 Å². The fourth-order valence-corrected chi connectivity index (χ4v) is 5.22. The highest BCUT2D eigenvalue weighted by atomic mass is 16.5. The van der Waals surface area contributed by atoms with Crippen LogP contribution in [0.3, 0.4) is 0 Å². The Morgan fingerprint density at radius 1 is 1.00 bits per heavy atom. The number of benzene rings is 1. The molecule has 0 aromatic heterocycles. The fourth-order valence-electron chi connectivity index (χ4n) is 5.22. The van der Waals surface area contributed by atoms with Crippen molar-refractivity contribution in [1.29, 1.82) is 0 Å². The number of rotatable bonds is 10. The van der Waals surface area contributed by atoms with E-state index in [2.05, 4.69) is 16.0 Å². The van der Waals surface area contributed by atoms with Gasteiger partial charge in [0.15, 0.2) is 11.9 Å². The van der Waals surface area contributed by atoms with Gasteiger partial charge in [0.1, 0.15) is 23.7 Å². The second kappa shape index (κ2) is 14.2. The van der Waals surface area contributed by atoms with Crippen LogP contribution < -0.4 is 16.0 Å². The normalized spacial score (nSPS) is 23.7. The molecule has 0 bridgehead atoms. The van der Waals surface area contributed by atoms with Crippen LogP contribution in [0.4, 0.5) is 0 Å². The van der Waals surface area contributed by atoms with E-state index in [4.69, 9.17) is 4.74 Å². The summed E-state index contributed by atoms with van der Waals surface area (Å²) in [6, 6.07) is 6.78. The van der Waals surface area contributed by atoms with E-state index in [1.165, 1.54) is 18.7 Å². The number of carbonyl (C=O) groups is 6. The van der Waals surface area contributed by atoms with E-state index in [0.29, 0.717) is 45.1 Å². The molecule has 4 amide bonds. The van der Waals surface area contributed by atoms with Crippen LogP contribution in [-0.4, -0.2) is 76.6 Å². The largest absolute Gasteiger partial charge is 0.455 e. The van der Waals surface area contributed by atoms with E-state index >= 15 is 0 Å². The number of amides is 4. The molecular formula is C30H42N4O7. The maximum Gasteiger partial charge on any atom is 0.303 e. The Labute approximate surface area is 241 Å². The molecule has 2 heterocycles. The topological polar surface area (TPSA) is 151 Å². The van der Waals surface area contributed by atoms with Crippen molar-refractivity contribution in [2.75, 3.05) is 6.54 Å². The maximum absolute atomic E-state index is 13.7. The quantitative estimate of drug-likeness (QED) is 0.285. The molecule has 4 unspecified atom stereocenters. The van der Waals surface area contributed by atoms with Crippen LogP contribution in [0.5, 0.6) is 0 Å². The molecule has 3 N–H and O–H groups in total. The molecule has 4 atom stereocenters. The van der Waals surface area contributed by atoms with Crippen LogP contribution in [-0.2, 0) is 39.9 Å². The molecule has 11 heteroatoms. The smallest absolute Gasteiger partial charge is 0.303 e. The standard InChI is InChI=1S/C30H42N4O7/c1-19(41-20(2)35)25(36)16-10-6-9-14-22-26(37)33-30(3,4)29(40)32-23(18-21-12-7-5-8-13-21)28(39)34-17-11-15-24(34)27(38)31-22/h5,7-8,12-13,19,22-24H,6,9-11,14-18H2,1-4H3,(H,31,38)(H,32,40)(H,33,37). The van der Waals surface area contributed by atoms with Gasteiger partial charge in [-0.15, -0.1) is 0 Å². The minimum absolute atomic E-state index is 0.179. The van der Waals surface area contributed by atoms with Gasteiger partial charge >= 0.3 is 5.97 Å². The second-order valence-corrected chi connectivity index (χ2v) is 11.4. The Bertz CT molecular complexity index is 1140. The zero-order chi connectivity index (χ0) is 30.2. The van der Waals surface area contributed by atoms with Gasteiger partial charge in [0.25, 0.3) is 0 Å². The van der Waals surface area contributed by atoms with Crippen molar-refractivity contribution < 1.29 is 33.5 Å². The summed E-state index contributed by atoms with van der Waals surface area (Å²) in [6.45, 7) is 6.29. The highest BCUT2D eigenvalue weighted by Crippen LogP contribution is 2.21. The molecule has 3 rings (SSSR count). The van der Waals surface area contributed by atoms with Crippen LogP contribution in [0.15, 0.2) is 30.3 Å². The molecule has 11 nitrogen and oxygen atoms in total. The zero-order valence-electron chi connectivity index (χ0n) is 24.4. The summed E-state index contributed by atoms with van der Waals surface area (Å²) < 4.78 is 4.91. The average Bonchev–Trinajstić information content (AvgIpc) is 3.41. The summed E-state index contributed by atoms with van der Waals surface area (Å²) in [5.74, 6) is -2.41. The van der Waals surface area contributed by atoms with Crippen molar-refractivity contribution in [3.05, 3.63) is 35.9 Å². The summed E-state index contributed by atoms with van der Waals surface area (Å²) in [7, 11) is 0. The first-order chi connectivity index (χ1) is 19.4. The minimum atomic E-state index is -1.35. The molecule has 2 aliphatic heterocycles. The zero-order valence-corrected chi connectivity index (χ0v) is 24.4. The molecule has 2 aliphatic rings. The highest BCUT2D eigenvalue weighted by molar-refractivity contribution is 5.99.